The standard InChI is InChI=1S/C47H29N5/c48-30-37-22-13-25-38(33-18-11-20-35(28-33)44-39-23-7-9-26-41(39)49-46(51-44)31-14-3-1-4-15-31)43(37)34-19-12-21-36(29-34)45-40-24-8-10-27-42(40)50-47(52-45)32-16-5-2-6-17-32/h1-29H. The fourth-order valence-electron chi connectivity index (χ4n) is 6.88. The zero-order valence-corrected chi connectivity index (χ0v) is 28.0. The first kappa shape index (κ1) is 30.7. The van der Waals surface area contributed by atoms with Gasteiger partial charge in [0.25, 0.3) is 0 Å². The fraction of sp³-hybridized carbons (Fsp3) is 0. The van der Waals surface area contributed by atoms with E-state index in [1.165, 1.54) is 0 Å². The molecule has 52 heavy (non-hydrogen) atoms. The lowest BCUT2D eigenvalue weighted by Crippen LogP contribution is -1.96. The van der Waals surface area contributed by atoms with E-state index in [1.54, 1.807) is 0 Å². The molecule has 9 rings (SSSR count). The van der Waals surface area contributed by atoms with Crippen molar-refractivity contribution in [1.29, 1.82) is 5.26 Å². The normalized spacial score (nSPS) is 11.1. The van der Waals surface area contributed by atoms with Crippen molar-refractivity contribution in [1.82, 2.24) is 19.9 Å². The van der Waals surface area contributed by atoms with Crippen molar-refractivity contribution in [2.24, 2.45) is 0 Å². The third-order valence-electron chi connectivity index (χ3n) is 9.33. The molecule has 0 spiro atoms. The molecule has 242 valence electrons. The van der Waals surface area contributed by atoms with Crippen molar-refractivity contribution in [3.8, 4) is 73.6 Å². The van der Waals surface area contributed by atoms with Crippen molar-refractivity contribution in [2.75, 3.05) is 0 Å². The van der Waals surface area contributed by atoms with Crippen molar-refractivity contribution < 1.29 is 0 Å². The van der Waals surface area contributed by atoms with Gasteiger partial charge in [-0.1, -0.05) is 146 Å². The van der Waals surface area contributed by atoms with Crippen LogP contribution in [0.25, 0.3) is 89.4 Å². The summed E-state index contributed by atoms with van der Waals surface area (Å²) in [5.74, 6) is 1.35. The smallest absolute Gasteiger partial charge is 0.160 e. The Bertz CT molecular complexity index is 2800. The van der Waals surface area contributed by atoms with Gasteiger partial charge in [0.1, 0.15) is 0 Å². The first-order chi connectivity index (χ1) is 25.7. The number of fused-ring (bicyclic) bond motifs is 2. The highest BCUT2D eigenvalue weighted by Gasteiger charge is 2.18. The summed E-state index contributed by atoms with van der Waals surface area (Å²) in [4.78, 5) is 20.0. The van der Waals surface area contributed by atoms with Crippen molar-refractivity contribution >= 4 is 21.8 Å². The molecular weight excluding hydrogens is 635 g/mol. The van der Waals surface area contributed by atoms with E-state index in [0.717, 1.165) is 77.7 Å². The highest BCUT2D eigenvalue weighted by molar-refractivity contribution is 5.97. The summed E-state index contributed by atoms with van der Waals surface area (Å²) < 4.78 is 0. The van der Waals surface area contributed by atoms with Crippen LogP contribution in [-0.4, -0.2) is 19.9 Å². The van der Waals surface area contributed by atoms with Crippen LogP contribution in [-0.2, 0) is 0 Å². The van der Waals surface area contributed by atoms with E-state index in [1.807, 2.05) is 115 Å². The molecule has 0 aliphatic carbocycles. The van der Waals surface area contributed by atoms with Gasteiger partial charge in [0.2, 0.25) is 0 Å². The van der Waals surface area contributed by atoms with Crippen LogP contribution in [0, 0.1) is 11.3 Å². The van der Waals surface area contributed by atoms with Gasteiger partial charge in [-0.25, -0.2) is 19.9 Å². The highest BCUT2D eigenvalue weighted by atomic mass is 14.9. The molecular formula is C47H29N5. The maximum absolute atomic E-state index is 10.4. The Morgan fingerprint density at radius 2 is 0.808 bits per heavy atom. The van der Waals surface area contributed by atoms with Crippen LogP contribution in [0.5, 0.6) is 0 Å². The van der Waals surface area contributed by atoms with Crippen LogP contribution in [0.3, 0.4) is 0 Å². The second-order valence-corrected chi connectivity index (χ2v) is 12.6. The third-order valence-corrected chi connectivity index (χ3v) is 9.33. The number of aromatic nitrogens is 4. The largest absolute Gasteiger partial charge is 0.228 e. The van der Waals surface area contributed by atoms with Crippen LogP contribution in [0.15, 0.2) is 176 Å². The zero-order chi connectivity index (χ0) is 34.9. The fourth-order valence-corrected chi connectivity index (χ4v) is 6.88. The summed E-state index contributed by atoms with van der Waals surface area (Å²) in [6.07, 6.45) is 0. The molecule has 7 aromatic carbocycles. The number of rotatable bonds is 6. The van der Waals surface area contributed by atoms with Crippen molar-refractivity contribution in [3.63, 3.8) is 0 Å². The molecule has 0 aliphatic heterocycles. The van der Waals surface area contributed by atoms with Gasteiger partial charge in [-0.15, -0.1) is 0 Å². The van der Waals surface area contributed by atoms with Crippen molar-refractivity contribution in [3.05, 3.63) is 181 Å². The van der Waals surface area contributed by atoms with Gasteiger partial charge in [-0.3, -0.25) is 0 Å². The summed E-state index contributed by atoms with van der Waals surface area (Å²) in [5, 5.41) is 12.4. The van der Waals surface area contributed by atoms with E-state index in [4.69, 9.17) is 19.9 Å². The summed E-state index contributed by atoms with van der Waals surface area (Å²) in [6.45, 7) is 0. The lowest BCUT2D eigenvalue weighted by Gasteiger charge is -2.15. The number of nitrogens with zero attached hydrogens (tertiary/aromatic N) is 5. The van der Waals surface area contributed by atoms with Crippen LogP contribution in [0.1, 0.15) is 5.56 Å². The molecule has 9 aromatic rings. The van der Waals surface area contributed by atoms with Gasteiger partial charge in [0.15, 0.2) is 11.6 Å². The number of hydrogen-bond donors (Lipinski definition) is 0. The number of nitriles is 1. The Hall–Kier alpha value is -7.29. The van der Waals surface area contributed by atoms with E-state index in [0.29, 0.717) is 17.2 Å². The van der Waals surface area contributed by atoms with Crippen LogP contribution in [0.2, 0.25) is 0 Å². The van der Waals surface area contributed by atoms with E-state index < -0.39 is 0 Å². The van der Waals surface area contributed by atoms with Crippen molar-refractivity contribution in [2.45, 2.75) is 0 Å². The number of benzene rings is 7. The molecule has 0 saturated carbocycles. The average Bonchev–Trinajstić information content (AvgIpc) is 3.23. The SMILES string of the molecule is N#Cc1cccc(-c2cccc(-c3nc(-c4ccccc4)nc4ccccc34)c2)c1-c1cccc(-c2nc(-c3ccccc3)nc3ccccc23)c1. The molecule has 0 amide bonds. The second-order valence-electron chi connectivity index (χ2n) is 12.6. The van der Waals surface area contributed by atoms with Gasteiger partial charge >= 0.3 is 0 Å². The highest BCUT2D eigenvalue weighted by Crippen LogP contribution is 2.39. The van der Waals surface area contributed by atoms with Gasteiger partial charge in [0, 0.05) is 38.6 Å². The van der Waals surface area contributed by atoms with Gasteiger partial charge in [-0.2, -0.15) is 5.26 Å². The molecule has 0 aliphatic rings. The van der Waals surface area contributed by atoms with Crippen LogP contribution < -0.4 is 0 Å². The Balaban J connectivity index is 1.20. The number of hydrogen-bond acceptors (Lipinski definition) is 5. The molecule has 2 heterocycles. The quantitative estimate of drug-likeness (QED) is 0.177. The summed E-state index contributed by atoms with van der Waals surface area (Å²) in [7, 11) is 0. The van der Waals surface area contributed by atoms with Gasteiger partial charge < -0.3 is 0 Å². The summed E-state index contributed by atoms with van der Waals surface area (Å²) >= 11 is 0. The molecule has 0 radical (unpaired) electrons. The van der Waals surface area contributed by atoms with Gasteiger partial charge in [-0.05, 0) is 47.0 Å². The maximum Gasteiger partial charge on any atom is 0.160 e. The molecule has 0 fully saturated rings. The second kappa shape index (κ2) is 13.2. The van der Waals surface area contributed by atoms with Crippen LogP contribution in [0.4, 0.5) is 0 Å². The molecule has 0 unspecified atom stereocenters. The molecule has 2 aromatic heterocycles. The molecule has 5 nitrogen and oxygen atoms in total. The molecule has 0 saturated heterocycles. The molecule has 0 bridgehead atoms. The van der Waals surface area contributed by atoms with E-state index in [-0.39, 0.29) is 0 Å². The average molecular weight is 664 g/mol. The summed E-state index contributed by atoms with van der Waals surface area (Å²) in [6, 6.07) is 61.5. The lowest BCUT2D eigenvalue weighted by molar-refractivity contribution is 1.23. The molecule has 0 atom stereocenters. The lowest BCUT2D eigenvalue weighted by atomic mass is 9.89. The minimum atomic E-state index is 0.594. The topological polar surface area (TPSA) is 75.3 Å². The first-order valence-corrected chi connectivity index (χ1v) is 17.1. The monoisotopic (exact) mass is 663 g/mol. The predicted molar refractivity (Wildman–Crippen MR) is 210 cm³/mol. The molecule has 0 N–H and O–H groups in total. The first-order valence-electron chi connectivity index (χ1n) is 17.1. The Morgan fingerprint density at radius 1 is 0.365 bits per heavy atom. The van der Waals surface area contributed by atoms with Crippen LogP contribution >= 0.6 is 0 Å². The van der Waals surface area contributed by atoms with E-state index in [2.05, 4.69) is 66.7 Å². The summed E-state index contributed by atoms with van der Waals surface area (Å²) in [5.41, 5.74) is 11.6. The third kappa shape index (κ3) is 5.65. The minimum absolute atomic E-state index is 0.594. The van der Waals surface area contributed by atoms with E-state index in [9.17, 15) is 5.26 Å². The maximum atomic E-state index is 10.4. The Morgan fingerprint density at radius 3 is 1.37 bits per heavy atom. The molecule has 5 heteroatoms. The number of para-hydroxylation sites is 2. The minimum Gasteiger partial charge on any atom is -0.228 e. The zero-order valence-electron chi connectivity index (χ0n) is 28.0. The predicted octanol–water partition coefficient (Wildman–Crippen LogP) is 11.4. The Kier molecular flexibility index (Phi) is 7.81. The Labute approximate surface area is 301 Å². The van der Waals surface area contributed by atoms with E-state index >= 15 is 0 Å². The van der Waals surface area contributed by atoms with Gasteiger partial charge in [0.05, 0.1) is 34.1 Å².